The van der Waals surface area contributed by atoms with E-state index in [1.165, 1.54) is 99.1 Å². The lowest BCUT2D eigenvalue weighted by molar-refractivity contribution is 0.777. The number of benzene rings is 8. The van der Waals surface area contributed by atoms with Crippen LogP contribution in [0.4, 0.5) is 22.7 Å². The van der Waals surface area contributed by atoms with Crippen LogP contribution >= 0.6 is 0 Å². The molecule has 2 nitrogen and oxygen atoms in total. The zero-order valence-electron chi connectivity index (χ0n) is 38.0. The van der Waals surface area contributed by atoms with Crippen molar-refractivity contribution in [3.8, 4) is 11.1 Å². The summed E-state index contributed by atoms with van der Waals surface area (Å²) < 4.78 is 0. The zero-order valence-corrected chi connectivity index (χ0v) is 38.0. The molecule has 0 saturated carbocycles. The van der Waals surface area contributed by atoms with Gasteiger partial charge in [-0.2, -0.15) is 0 Å². The Balaban J connectivity index is 1.25. The first-order valence-electron chi connectivity index (χ1n) is 22.8. The predicted octanol–water partition coefficient (Wildman–Crippen LogP) is 15.3. The van der Waals surface area contributed by atoms with E-state index in [1.54, 1.807) is 0 Å². The van der Waals surface area contributed by atoms with Gasteiger partial charge in [-0.3, -0.25) is 0 Å². The smallest absolute Gasteiger partial charge is 0.0618 e. The van der Waals surface area contributed by atoms with Crippen LogP contribution in [0.25, 0.3) is 43.9 Å². The van der Waals surface area contributed by atoms with Crippen molar-refractivity contribution in [2.45, 2.75) is 41.0 Å². The van der Waals surface area contributed by atoms with Crippen LogP contribution in [0, 0.1) is 33.6 Å². The number of nitrogens with zero attached hydrogens (tertiary/aromatic N) is 2. The van der Waals surface area contributed by atoms with Crippen LogP contribution in [0.2, 0.25) is 0 Å². The molecule has 0 amide bonds. The van der Waals surface area contributed by atoms with Gasteiger partial charge in [-0.1, -0.05) is 175 Å². The summed E-state index contributed by atoms with van der Waals surface area (Å²) in [7, 11) is 0. The first-order chi connectivity index (χ1) is 31.8. The van der Waals surface area contributed by atoms with E-state index in [1.807, 2.05) is 6.08 Å². The molecule has 2 heteroatoms. The SMILES string of the molecule is C=C/C(=C\C=C\C)N(c1ccc(C)cc1)c1c2ccccc2c(-c2cc(C)cc(C3=c4ccccc4=C(N(c4ccc(C)cc4)c4ccc(C)cc4)C4CC=CC=C34)c2)c2ccccc12. The highest BCUT2D eigenvalue weighted by Gasteiger charge is 2.33. The van der Waals surface area contributed by atoms with Gasteiger partial charge in [-0.25, -0.2) is 0 Å². The maximum Gasteiger partial charge on any atom is 0.0618 e. The van der Waals surface area contributed by atoms with Crippen molar-refractivity contribution in [1.29, 1.82) is 0 Å². The molecule has 0 N–H and O–H groups in total. The summed E-state index contributed by atoms with van der Waals surface area (Å²) >= 11 is 0. The van der Waals surface area contributed by atoms with E-state index in [0.29, 0.717) is 0 Å². The Morgan fingerprint density at radius 3 is 1.66 bits per heavy atom. The van der Waals surface area contributed by atoms with Gasteiger partial charge < -0.3 is 9.80 Å². The third-order valence-corrected chi connectivity index (χ3v) is 13.1. The molecule has 0 radical (unpaired) electrons. The quantitative estimate of drug-likeness (QED) is 0.1000. The second-order valence-electron chi connectivity index (χ2n) is 17.5. The fourth-order valence-electron chi connectivity index (χ4n) is 10.1. The van der Waals surface area contributed by atoms with Gasteiger partial charge in [0.25, 0.3) is 0 Å². The predicted molar refractivity (Wildman–Crippen MR) is 279 cm³/mol. The molecule has 8 aromatic rings. The molecule has 0 spiro atoms. The van der Waals surface area contributed by atoms with Crippen LogP contribution in [0.15, 0.2) is 224 Å². The van der Waals surface area contributed by atoms with Crippen LogP contribution in [0.3, 0.4) is 0 Å². The number of aryl methyl sites for hydroxylation is 4. The van der Waals surface area contributed by atoms with Crippen molar-refractivity contribution in [2.75, 3.05) is 9.80 Å². The Labute approximate surface area is 384 Å². The minimum atomic E-state index is 0.139. The molecular weight excluding hydrogens is 785 g/mol. The molecule has 0 bridgehead atoms. The summed E-state index contributed by atoms with van der Waals surface area (Å²) in [5, 5.41) is 7.30. The van der Waals surface area contributed by atoms with Crippen LogP contribution in [-0.4, -0.2) is 0 Å². The Morgan fingerprint density at radius 1 is 0.569 bits per heavy atom. The van der Waals surface area contributed by atoms with Crippen molar-refractivity contribution in [1.82, 2.24) is 0 Å². The summed E-state index contributed by atoms with van der Waals surface area (Å²) in [5.41, 5.74) is 18.2. The summed E-state index contributed by atoms with van der Waals surface area (Å²) in [6.07, 6.45) is 16.2. The average Bonchev–Trinajstić information content (AvgIpc) is 3.33. The summed E-state index contributed by atoms with van der Waals surface area (Å²) in [4.78, 5) is 4.89. The van der Waals surface area contributed by atoms with Gasteiger partial charge in [0.05, 0.1) is 5.69 Å². The Bertz CT molecular complexity index is 3290. The molecule has 8 aromatic carbocycles. The molecule has 2 aliphatic rings. The van der Waals surface area contributed by atoms with Crippen LogP contribution in [0.5, 0.6) is 0 Å². The number of rotatable bonds is 10. The van der Waals surface area contributed by atoms with E-state index in [-0.39, 0.29) is 5.92 Å². The highest BCUT2D eigenvalue weighted by molar-refractivity contribution is 6.22. The van der Waals surface area contributed by atoms with Crippen LogP contribution in [-0.2, 0) is 0 Å². The molecule has 65 heavy (non-hydrogen) atoms. The highest BCUT2D eigenvalue weighted by atomic mass is 15.2. The van der Waals surface area contributed by atoms with E-state index in [0.717, 1.165) is 23.5 Å². The largest absolute Gasteiger partial charge is 0.313 e. The zero-order chi connectivity index (χ0) is 44.6. The van der Waals surface area contributed by atoms with Gasteiger partial charge in [0.2, 0.25) is 0 Å². The molecule has 0 saturated heterocycles. The molecule has 0 fully saturated rings. The van der Waals surface area contributed by atoms with Crippen LogP contribution < -0.4 is 20.2 Å². The standard InChI is InChI=1S/C63H54N2/c1-7-9-18-48(8-2)64(49-33-27-42(3)28-34-49)62-56-23-14-10-19-52(56)60(53-20-11-15-24-57(53)62)46-39-45(6)40-47(41-46)61-54-21-12-16-25-58(54)63(59-26-17-13-22-55(59)61)65(50-35-29-43(4)30-36-50)51-37-31-44(5)32-38-51/h7-25,27-41,59H,2,26H2,1,3-6H3/b9-7+,48-18+. The van der Waals surface area contributed by atoms with Gasteiger partial charge in [0, 0.05) is 50.4 Å². The average molecular weight is 839 g/mol. The maximum absolute atomic E-state index is 4.33. The summed E-state index contributed by atoms with van der Waals surface area (Å²) in [6.45, 7) is 15.1. The Hall–Kier alpha value is -7.68. The molecule has 10 rings (SSSR count). The van der Waals surface area contributed by atoms with E-state index < -0.39 is 0 Å². The second kappa shape index (κ2) is 17.5. The third-order valence-electron chi connectivity index (χ3n) is 13.1. The minimum Gasteiger partial charge on any atom is -0.313 e. The molecule has 1 unspecified atom stereocenters. The highest BCUT2D eigenvalue weighted by Crippen LogP contribution is 2.49. The first kappa shape index (κ1) is 41.3. The first-order valence-corrected chi connectivity index (χ1v) is 22.8. The van der Waals surface area contributed by atoms with Gasteiger partial charge in [0.1, 0.15) is 0 Å². The molecule has 0 aliphatic heterocycles. The van der Waals surface area contributed by atoms with Crippen molar-refractivity contribution in [3.05, 3.63) is 262 Å². The van der Waals surface area contributed by atoms with Crippen molar-refractivity contribution >= 4 is 55.6 Å². The fraction of sp³-hybridized carbons (Fsp3) is 0.111. The van der Waals surface area contributed by atoms with Gasteiger partial charge in [-0.05, 0) is 145 Å². The van der Waals surface area contributed by atoms with Crippen molar-refractivity contribution in [2.24, 2.45) is 5.92 Å². The monoisotopic (exact) mass is 838 g/mol. The van der Waals surface area contributed by atoms with E-state index in [4.69, 9.17) is 0 Å². The molecule has 2 aliphatic carbocycles. The molecular formula is C63H54N2. The number of fused-ring (bicyclic) bond motifs is 4. The topological polar surface area (TPSA) is 6.48 Å². The number of anilines is 4. The lowest BCUT2D eigenvalue weighted by Crippen LogP contribution is -2.42. The second-order valence-corrected chi connectivity index (χ2v) is 17.5. The maximum atomic E-state index is 4.33. The molecule has 0 heterocycles. The fourth-order valence-corrected chi connectivity index (χ4v) is 10.1. The lowest BCUT2D eigenvalue weighted by atomic mass is 9.75. The van der Waals surface area contributed by atoms with Gasteiger partial charge >= 0.3 is 0 Å². The molecule has 0 aromatic heterocycles. The van der Waals surface area contributed by atoms with Gasteiger partial charge in [-0.15, -0.1) is 0 Å². The number of hydrogen-bond donors (Lipinski definition) is 0. The van der Waals surface area contributed by atoms with E-state index >= 15 is 0 Å². The van der Waals surface area contributed by atoms with E-state index in [2.05, 4.69) is 251 Å². The normalized spacial score (nSPS) is 14.7. The summed E-state index contributed by atoms with van der Waals surface area (Å²) in [6, 6.07) is 61.1. The Kier molecular flexibility index (Phi) is 11.1. The van der Waals surface area contributed by atoms with Crippen molar-refractivity contribution < 1.29 is 0 Å². The third kappa shape index (κ3) is 7.55. The lowest BCUT2D eigenvalue weighted by Gasteiger charge is -2.38. The minimum absolute atomic E-state index is 0.139. The molecule has 1 atom stereocenters. The number of hydrogen-bond acceptors (Lipinski definition) is 2. The summed E-state index contributed by atoms with van der Waals surface area (Å²) in [5.74, 6) is 0.139. The van der Waals surface area contributed by atoms with Crippen molar-refractivity contribution in [3.63, 3.8) is 0 Å². The van der Waals surface area contributed by atoms with Gasteiger partial charge in [0.15, 0.2) is 0 Å². The number of allylic oxidation sites excluding steroid dienone is 7. The molecule has 316 valence electrons. The van der Waals surface area contributed by atoms with Crippen LogP contribution in [0.1, 0.15) is 41.2 Å². The van der Waals surface area contributed by atoms with E-state index in [9.17, 15) is 0 Å². The Morgan fingerprint density at radius 2 is 1.09 bits per heavy atom.